The maximum Gasteiger partial charge on any atom is 0.326 e. The van der Waals surface area contributed by atoms with Crippen molar-refractivity contribution in [2.45, 2.75) is 94.2 Å². The number of nitrogens with one attached hydrogen (secondary N) is 6. The van der Waals surface area contributed by atoms with Crippen LogP contribution in [0.25, 0.3) is 0 Å². The lowest BCUT2D eigenvalue weighted by Gasteiger charge is -2.25. The minimum atomic E-state index is -1.89. The molecule has 24 nitrogen and oxygen atoms in total. The van der Waals surface area contributed by atoms with Crippen LogP contribution in [0.4, 0.5) is 0 Å². The van der Waals surface area contributed by atoms with E-state index >= 15 is 0 Å². The molecular formula is C28H49N11O13. The summed E-state index contributed by atoms with van der Waals surface area (Å²) in [4.78, 5) is 122. The number of nitrogens with two attached hydrogens (primary N) is 5. The minimum Gasteiger partial charge on any atom is -0.480 e. The number of aliphatic hydroxyl groups excluding tert-OH is 2. The van der Waals surface area contributed by atoms with Crippen molar-refractivity contribution < 1.29 is 63.3 Å². The monoisotopic (exact) mass is 747 g/mol. The van der Waals surface area contributed by atoms with E-state index in [1.54, 1.807) is 0 Å². The van der Waals surface area contributed by atoms with E-state index in [4.69, 9.17) is 28.7 Å². The molecule has 0 aliphatic carbocycles. The van der Waals surface area contributed by atoms with Crippen LogP contribution < -0.4 is 60.6 Å². The Kier molecular flexibility index (Phi) is 21.4. The molecule has 52 heavy (non-hydrogen) atoms. The highest BCUT2D eigenvalue weighted by Crippen LogP contribution is 2.04. The first-order chi connectivity index (χ1) is 24.2. The first-order valence-corrected chi connectivity index (χ1v) is 15.8. The molecule has 0 radical (unpaired) electrons. The number of unbranched alkanes of at least 4 members (excludes halogenated alkanes) is 1. The van der Waals surface area contributed by atoms with Gasteiger partial charge in [0.2, 0.25) is 53.2 Å². The molecule has 0 aromatic rings. The number of rotatable bonds is 26. The average Bonchev–Trinajstić information content (AvgIpc) is 3.04. The van der Waals surface area contributed by atoms with Gasteiger partial charge in [-0.1, -0.05) is 6.42 Å². The zero-order valence-corrected chi connectivity index (χ0v) is 28.4. The number of aliphatic hydroxyl groups is 2. The number of hydrogen-bond donors (Lipinski definition) is 14. The minimum absolute atomic E-state index is 0.252. The molecule has 0 saturated heterocycles. The Labute approximate surface area is 297 Å². The van der Waals surface area contributed by atoms with E-state index in [1.165, 1.54) is 6.92 Å². The van der Waals surface area contributed by atoms with Crippen molar-refractivity contribution in [1.82, 2.24) is 31.9 Å². The van der Waals surface area contributed by atoms with Crippen LogP contribution in [-0.2, 0) is 47.9 Å². The summed E-state index contributed by atoms with van der Waals surface area (Å²) in [7, 11) is 0. The lowest BCUT2D eigenvalue weighted by Crippen LogP contribution is -2.60. The lowest BCUT2D eigenvalue weighted by atomic mass is 10.1. The Hall–Kier alpha value is -5.46. The van der Waals surface area contributed by atoms with Crippen LogP contribution in [0.5, 0.6) is 0 Å². The third kappa shape index (κ3) is 18.5. The number of carboxylic acid groups (broad SMARTS) is 1. The highest BCUT2D eigenvalue weighted by atomic mass is 16.4. The smallest absolute Gasteiger partial charge is 0.326 e. The summed E-state index contributed by atoms with van der Waals surface area (Å²) in [6.07, 6.45) is -2.73. The fraction of sp³-hybridized carbons (Fsp3) is 0.643. The number of carbonyl (C=O) groups is 10. The Balaban J connectivity index is 5.61. The molecule has 0 aliphatic rings. The van der Waals surface area contributed by atoms with Gasteiger partial charge < -0.3 is 75.9 Å². The van der Waals surface area contributed by atoms with Gasteiger partial charge in [-0.05, 0) is 32.7 Å². The predicted molar refractivity (Wildman–Crippen MR) is 176 cm³/mol. The lowest BCUT2D eigenvalue weighted by molar-refractivity contribution is -0.143. The van der Waals surface area contributed by atoms with Crippen molar-refractivity contribution in [2.24, 2.45) is 28.7 Å². The summed E-state index contributed by atoms with van der Waals surface area (Å²) >= 11 is 0. The van der Waals surface area contributed by atoms with Crippen LogP contribution in [0.3, 0.4) is 0 Å². The van der Waals surface area contributed by atoms with Gasteiger partial charge in [-0.25, -0.2) is 4.79 Å². The van der Waals surface area contributed by atoms with Crippen molar-refractivity contribution >= 4 is 59.1 Å². The third-order valence-electron chi connectivity index (χ3n) is 7.00. The zero-order chi connectivity index (χ0) is 40.1. The summed E-state index contributed by atoms with van der Waals surface area (Å²) in [5, 5.41) is 41.6. The standard InChI is InChI=1S/C28H49N11O13/c1-12(41)22(39-23(46)13(30)4-2-3-7-29)27(50)34-10-21(45)35-17(11-40)26(49)38-16(9-20(33)44)25(48)37-15(8-19(32)43)24(47)36-14(28(51)52)5-6-18(31)42/h12-17,22,40-41H,2-11,29-30H2,1H3,(H2,31,42)(H2,32,43)(H2,33,44)(H,34,50)(H,35,45)(H,36,47)(H,37,48)(H,38,49)(H,39,46)(H,51,52)/t12-,13+,14+,15+,16+,17+,22+/m1/s1. The molecule has 294 valence electrons. The summed E-state index contributed by atoms with van der Waals surface area (Å²) < 4.78 is 0. The van der Waals surface area contributed by atoms with Gasteiger partial charge >= 0.3 is 5.97 Å². The van der Waals surface area contributed by atoms with Gasteiger partial charge in [0.25, 0.3) is 0 Å². The van der Waals surface area contributed by atoms with Crippen LogP contribution in [0.2, 0.25) is 0 Å². The molecule has 19 N–H and O–H groups in total. The molecule has 0 aromatic heterocycles. The summed E-state index contributed by atoms with van der Waals surface area (Å²) in [5.41, 5.74) is 26.5. The molecule has 0 aromatic carbocycles. The molecule has 0 saturated carbocycles. The normalized spacial score (nSPS) is 14.8. The second-order valence-corrected chi connectivity index (χ2v) is 11.5. The zero-order valence-electron chi connectivity index (χ0n) is 28.4. The molecule has 9 amide bonds. The van der Waals surface area contributed by atoms with Gasteiger partial charge in [-0.3, -0.25) is 43.2 Å². The van der Waals surface area contributed by atoms with E-state index in [-0.39, 0.29) is 6.42 Å². The molecule has 24 heteroatoms. The van der Waals surface area contributed by atoms with Gasteiger partial charge in [-0.2, -0.15) is 0 Å². The third-order valence-corrected chi connectivity index (χ3v) is 7.00. The van der Waals surface area contributed by atoms with Gasteiger partial charge in [0.05, 0.1) is 38.1 Å². The Bertz CT molecular complexity index is 1310. The Morgan fingerprint density at radius 2 is 1.13 bits per heavy atom. The maximum atomic E-state index is 13.1. The molecule has 0 fully saturated rings. The fourth-order valence-electron chi connectivity index (χ4n) is 4.20. The van der Waals surface area contributed by atoms with Crippen molar-refractivity contribution in [3.8, 4) is 0 Å². The van der Waals surface area contributed by atoms with Crippen LogP contribution in [-0.4, -0.2) is 137 Å². The largest absolute Gasteiger partial charge is 0.480 e. The van der Waals surface area contributed by atoms with E-state index in [1.807, 2.05) is 16.0 Å². The molecule has 0 bridgehead atoms. The first kappa shape index (κ1) is 46.5. The van der Waals surface area contributed by atoms with Crippen molar-refractivity contribution in [3.63, 3.8) is 0 Å². The molecule has 0 aliphatic heterocycles. The summed E-state index contributed by atoms with van der Waals surface area (Å²) in [6.45, 7) is -0.344. The van der Waals surface area contributed by atoms with E-state index in [0.717, 1.165) is 0 Å². The number of primary amides is 3. The van der Waals surface area contributed by atoms with E-state index < -0.39 is 140 Å². The number of aliphatic carboxylic acids is 1. The van der Waals surface area contributed by atoms with Gasteiger partial charge in [0.1, 0.15) is 30.2 Å². The first-order valence-electron chi connectivity index (χ1n) is 15.8. The number of carbonyl (C=O) groups excluding carboxylic acids is 9. The fourth-order valence-corrected chi connectivity index (χ4v) is 4.20. The molecule has 0 unspecified atom stereocenters. The van der Waals surface area contributed by atoms with Crippen molar-refractivity contribution in [2.75, 3.05) is 19.7 Å². The molecule has 0 heterocycles. The Morgan fingerprint density at radius 1 is 0.635 bits per heavy atom. The highest BCUT2D eigenvalue weighted by Gasteiger charge is 2.33. The topological polar surface area (TPSA) is 434 Å². The molecule has 0 rings (SSSR count). The number of hydrogen-bond acceptors (Lipinski definition) is 14. The second kappa shape index (κ2) is 23.9. The maximum absolute atomic E-state index is 13.1. The van der Waals surface area contributed by atoms with Gasteiger partial charge in [0.15, 0.2) is 0 Å². The Morgan fingerprint density at radius 3 is 1.56 bits per heavy atom. The van der Waals surface area contributed by atoms with Gasteiger partial charge in [-0.15, -0.1) is 0 Å². The average molecular weight is 748 g/mol. The van der Waals surface area contributed by atoms with Crippen molar-refractivity contribution in [3.05, 3.63) is 0 Å². The van der Waals surface area contributed by atoms with Gasteiger partial charge in [0, 0.05) is 6.42 Å². The molecule has 7 atom stereocenters. The van der Waals surface area contributed by atoms with Crippen LogP contribution in [0.15, 0.2) is 0 Å². The molecule has 0 spiro atoms. The van der Waals surface area contributed by atoms with Crippen molar-refractivity contribution in [1.29, 1.82) is 0 Å². The summed E-state index contributed by atoms with van der Waals surface area (Å²) in [6, 6.07) is -9.77. The van der Waals surface area contributed by atoms with Crippen LogP contribution in [0.1, 0.15) is 51.9 Å². The predicted octanol–water partition coefficient (Wildman–Crippen LogP) is -8.54. The highest BCUT2D eigenvalue weighted by molar-refractivity contribution is 5.98. The molecular weight excluding hydrogens is 698 g/mol. The van der Waals surface area contributed by atoms with Crippen LogP contribution in [0, 0.1) is 0 Å². The summed E-state index contributed by atoms with van der Waals surface area (Å²) in [5.74, 6) is -11.4. The van der Waals surface area contributed by atoms with E-state index in [0.29, 0.717) is 19.4 Å². The van der Waals surface area contributed by atoms with E-state index in [2.05, 4.69) is 16.0 Å². The SMILES string of the molecule is C[C@@H](O)[C@H](NC(=O)[C@@H](N)CCCCN)C(=O)NCC(=O)N[C@@H](CO)C(=O)N[C@@H](CC(N)=O)C(=O)N[C@@H](CC(N)=O)C(=O)N[C@@H](CCC(N)=O)C(=O)O. The van der Waals surface area contributed by atoms with E-state index in [9.17, 15) is 63.3 Å². The van der Waals surface area contributed by atoms with Crippen LogP contribution >= 0.6 is 0 Å². The quantitative estimate of drug-likeness (QED) is 0.0365. The number of carboxylic acids is 1. The second-order valence-electron chi connectivity index (χ2n) is 11.5. The number of amides is 9.